The third kappa shape index (κ3) is 3.40. The fourth-order valence-electron chi connectivity index (χ4n) is 2.17. The Kier molecular flexibility index (Phi) is 4.29. The van der Waals surface area contributed by atoms with E-state index >= 15 is 0 Å². The lowest BCUT2D eigenvalue weighted by atomic mass is 10.2. The van der Waals surface area contributed by atoms with E-state index in [0.29, 0.717) is 11.4 Å². The highest BCUT2D eigenvalue weighted by molar-refractivity contribution is 7.09. The average Bonchev–Trinajstić information content (AvgIpc) is 3.19. The van der Waals surface area contributed by atoms with E-state index in [-0.39, 0.29) is 11.9 Å². The van der Waals surface area contributed by atoms with E-state index in [1.165, 1.54) is 4.88 Å². The lowest BCUT2D eigenvalue weighted by molar-refractivity contribution is 0.0935. The van der Waals surface area contributed by atoms with Gasteiger partial charge in [0, 0.05) is 23.5 Å². The maximum absolute atomic E-state index is 12.2. The van der Waals surface area contributed by atoms with Gasteiger partial charge in [-0.05, 0) is 36.6 Å². The van der Waals surface area contributed by atoms with Gasteiger partial charge in [-0.3, -0.25) is 14.9 Å². The molecule has 3 rings (SSSR count). The molecule has 0 aromatic carbocycles. The first-order chi connectivity index (χ1) is 10.7. The lowest BCUT2D eigenvalue weighted by Crippen LogP contribution is -2.34. The molecule has 1 atom stereocenters. The summed E-state index contributed by atoms with van der Waals surface area (Å²) in [5.74, 6) is -0.154. The number of nitrogens with one attached hydrogen (secondary N) is 2. The minimum absolute atomic E-state index is 0.0627. The van der Waals surface area contributed by atoms with Crippen molar-refractivity contribution in [2.24, 2.45) is 0 Å². The van der Waals surface area contributed by atoms with Gasteiger partial charge in [0.1, 0.15) is 11.4 Å². The second-order valence-corrected chi connectivity index (χ2v) is 6.07. The predicted octanol–water partition coefficient (Wildman–Crippen LogP) is 2.89. The van der Waals surface area contributed by atoms with Crippen molar-refractivity contribution in [3.05, 3.63) is 58.5 Å². The first-order valence-electron chi connectivity index (χ1n) is 7.02. The number of aromatic amines is 1. The molecule has 3 aromatic rings. The minimum Gasteiger partial charge on any atom is -0.348 e. The minimum atomic E-state index is -0.154. The van der Waals surface area contributed by atoms with E-state index in [9.17, 15) is 4.79 Å². The van der Waals surface area contributed by atoms with Gasteiger partial charge in [-0.25, -0.2) is 0 Å². The Labute approximate surface area is 132 Å². The number of carbonyl (C=O) groups is 1. The fraction of sp³-hybridized carbons (Fsp3) is 0.188. The molecule has 0 spiro atoms. The maximum Gasteiger partial charge on any atom is 0.269 e. The van der Waals surface area contributed by atoms with Gasteiger partial charge < -0.3 is 5.32 Å². The summed E-state index contributed by atoms with van der Waals surface area (Å²) in [4.78, 5) is 17.7. The van der Waals surface area contributed by atoms with E-state index in [1.54, 1.807) is 23.6 Å². The molecule has 0 fully saturated rings. The van der Waals surface area contributed by atoms with Gasteiger partial charge in [0.15, 0.2) is 0 Å². The second-order valence-electron chi connectivity index (χ2n) is 5.04. The number of carbonyl (C=O) groups excluding carboxylic acids is 1. The van der Waals surface area contributed by atoms with Crippen molar-refractivity contribution in [3.63, 3.8) is 0 Å². The molecule has 3 heterocycles. The Bertz CT molecular complexity index is 737. The molecule has 1 amide bonds. The van der Waals surface area contributed by atoms with Gasteiger partial charge in [-0.1, -0.05) is 12.1 Å². The van der Waals surface area contributed by atoms with E-state index in [2.05, 4.69) is 26.6 Å². The number of amides is 1. The molecule has 6 heteroatoms. The summed E-state index contributed by atoms with van der Waals surface area (Å²) in [6.45, 7) is 1.99. The molecule has 0 aliphatic heterocycles. The molecule has 0 saturated carbocycles. The van der Waals surface area contributed by atoms with Crippen LogP contribution in [0.4, 0.5) is 0 Å². The molecule has 0 aliphatic rings. The Morgan fingerprint density at radius 3 is 2.95 bits per heavy atom. The van der Waals surface area contributed by atoms with Crippen LogP contribution in [-0.4, -0.2) is 27.1 Å². The molecule has 0 unspecified atom stereocenters. The molecule has 3 aromatic heterocycles. The van der Waals surface area contributed by atoms with Crippen LogP contribution in [0.5, 0.6) is 0 Å². The quantitative estimate of drug-likeness (QED) is 0.761. The van der Waals surface area contributed by atoms with Crippen molar-refractivity contribution in [1.82, 2.24) is 20.5 Å². The third-order valence-corrected chi connectivity index (χ3v) is 4.11. The van der Waals surface area contributed by atoms with Crippen molar-refractivity contribution in [3.8, 4) is 11.4 Å². The first kappa shape index (κ1) is 14.5. The lowest BCUT2D eigenvalue weighted by Gasteiger charge is -2.11. The first-order valence-corrected chi connectivity index (χ1v) is 7.90. The van der Waals surface area contributed by atoms with Gasteiger partial charge in [0.05, 0.1) is 5.69 Å². The molecule has 0 bridgehead atoms. The zero-order valence-electron chi connectivity index (χ0n) is 12.1. The van der Waals surface area contributed by atoms with Crippen LogP contribution in [0, 0.1) is 0 Å². The molecular weight excluding hydrogens is 296 g/mol. The van der Waals surface area contributed by atoms with Gasteiger partial charge in [-0.2, -0.15) is 5.10 Å². The summed E-state index contributed by atoms with van der Waals surface area (Å²) in [6.07, 6.45) is 2.53. The summed E-state index contributed by atoms with van der Waals surface area (Å²) in [6, 6.07) is 11.5. The Balaban J connectivity index is 1.64. The second kappa shape index (κ2) is 6.53. The molecule has 0 aliphatic carbocycles. The molecule has 0 saturated heterocycles. The highest BCUT2D eigenvalue weighted by Gasteiger charge is 2.14. The van der Waals surface area contributed by atoms with Gasteiger partial charge in [0.25, 0.3) is 5.91 Å². The van der Waals surface area contributed by atoms with Crippen LogP contribution < -0.4 is 5.32 Å². The SMILES string of the molecule is C[C@@H](Cc1cccs1)NC(=O)c1cc(-c2ccccn2)n[nH]1. The summed E-state index contributed by atoms with van der Waals surface area (Å²) >= 11 is 1.70. The van der Waals surface area contributed by atoms with Crippen LogP contribution in [0.15, 0.2) is 48.0 Å². The van der Waals surface area contributed by atoms with Crippen LogP contribution in [0.2, 0.25) is 0 Å². The molecular formula is C16H16N4OS. The fourth-order valence-corrected chi connectivity index (χ4v) is 3.00. The highest BCUT2D eigenvalue weighted by atomic mass is 32.1. The van der Waals surface area contributed by atoms with Gasteiger partial charge in [0.2, 0.25) is 0 Å². The Hall–Kier alpha value is -2.47. The van der Waals surface area contributed by atoms with E-state index in [0.717, 1.165) is 12.1 Å². The summed E-state index contributed by atoms with van der Waals surface area (Å²) in [7, 11) is 0. The summed E-state index contributed by atoms with van der Waals surface area (Å²) in [5, 5.41) is 11.9. The number of hydrogen-bond acceptors (Lipinski definition) is 4. The maximum atomic E-state index is 12.2. The summed E-state index contributed by atoms with van der Waals surface area (Å²) < 4.78 is 0. The van der Waals surface area contributed by atoms with Crippen LogP contribution >= 0.6 is 11.3 Å². The smallest absolute Gasteiger partial charge is 0.269 e. The standard InChI is InChI=1S/C16H16N4OS/c1-11(9-12-5-4-8-22-12)18-16(21)15-10-14(19-20-15)13-6-2-3-7-17-13/h2-8,10-11H,9H2,1H3,(H,18,21)(H,19,20)/t11-/m0/s1. The number of thiophene rings is 1. The molecule has 2 N–H and O–H groups in total. The van der Waals surface area contributed by atoms with Crippen molar-refractivity contribution in [1.29, 1.82) is 0 Å². The van der Waals surface area contributed by atoms with E-state index < -0.39 is 0 Å². The number of rotatable bonds is 5. The number of nitrogens with zero attached hydrogens (tertiary/aromatic N) is 2. The topological polar surface area (TPSA) is 70.7 Å². The Morgan fingerprint density at radius 1 is 1.32 bits per heavy atom. The van der Waals surface area contributed by atoms with E-state index in [4.69, 9.17) is 0 Å². The van der Waals surface area contributed by atoms with Crippen molar-refractivity contribution >= 4 is 17.2 Å². The molecule has 22 heavy (non-hydrogen) atoms. The normalized spacial score (nSPS) is 12.0. The number of hydrogen-bond donors (Lipinski definition) is 2. The van der Waals surface area contributed by atoms with Crippen LogP contribution in [0.25, 0.3) is 11.4 Å². The van der Waals surface area contributed by atoms with Gasteiger partial charge in [-0.15, -0.1) is 11.3 Å². The van der Waals surface area contributed by atoms with Gasteiger partial charge >= 0.3 is 0 Å². The number of H-pyrrole nitrogens is 1. The monoisotopic (exact) mass is 312 g/mol. The molecule has 112 valence electrons. The predicted molar refractivity (Wildman–Crippen MR) is 86.8 cm³/mol. The van der Waals surface area contributed by atoms with Crippen molar-refractivity contribution < 1.29 is 4.79 Å². The third-order valence-electron chi connectivity index (χ3n) is 3.21. The number of aromatic nitrogens is 3. The van der Waals surface area contributed by atoms with E-state index in [1.807, 2.05) is 36.6 Å². The Morgan fingerprint density at radius 2 is 2.23 bits per heavy atom. The van der Waals surface area contributed by atoms with Crippen LogP contribution in [-0.2, 0) is 6.42 Å². The zero-order valence-corrected chi connectivity index (χ0v) is 12.9. The average molecular weight is 312 g/mol. The molecule has 0 radical (unpaired) electrons. The van der Waals surface area contributed by atoms with Crippen molar-refractivity contribution in [2.75, 3.05) is 0 Å². The molecule has 5 nitrogen and oxygen atoms in total. The highest BCUT2D eigenvalue weighted by Crippen LogP contribution is 2.15. The van der Waals surface area contributed by atoms with Crippen molar-refractivity contribution in [2.45, 2.75) is 19.4 Å². The number of pyridine rings is 1. The van der Waals surface area contributed by atoms with Crippen LogP contribution in [0.3, 0.4) is 0 Å². The largest absolute Gasteiger partial charge is 0.348 e. The van der Waals surface area contributed by atoms with Crippen LogP contribution in [0.1, 0.15) is 22.3 Å². The summed E-state index contributed by atoms with van der Waals surface area (Å²) in [5.41, 5.74) is 1.85. The zero-order chi connectivity index (χ0) is 15.4.